The first-order valence-corrected chi connectivity index (χ1v) is 13.5. The van der Waals surface area contributed by atoms with Gasteiger partial charge in [-0.3, -0.25) is 9.59 Å². The van der Waals surface area contributed by atoms with Crippen LogP contribution in [-0.4, -0.2) is 76.6 Å². The molecule has 10 nitrogen and oxygen atoms in total. The smallest absolute Gasteiger partial charge is 0.407 e. The van der Waals surface area contributed by atoms with E-state index >= 15 is 0 Å². The summed E-state index contributed by atoms with van der Waals surface area (Å²) in [4.78, 5) is 43.4. The van der Waals surface area contributed by atoms with E-state index in [1.165, 1.54) is 4.90 Å². The van der Waals surface area contributed by atoms with E-state index in [9.17, 15) is 14.4 Å². The maximum atomic E-state index is 12.9. The number of anilines is 1. The van der Waals surface area contributed by atoms with E-state index < -0.39 is 6.09 Å². The van der Waals surface area contributed by atoms with Gasteiger partial charge in [0, 0.05) is 56.3 Å². The molecule has 1 aromatic heterocycles. The summed E-state index contributed by atoms with van der Waals surface area (Å²) in [5.41, 5.74) is 9.87. The fourth-order valence-corrected chi connectivity index (χ4v) is 5.20. The molecule has 2 aliphatic rings. The van der Waals surface area contributed by atoms with Crippen molar-refractivity contribution < 1.29 is 24.2 Å². The number of ether oxygens (including phenoxy) is 1. The summed E-state index contributed by atoms with van der Waals surface area (Å²) in [7, 11) is 0. The highest BCUT2D eigenvalue weighted by Crippen LogP contribution is 2.39. The van der Waals surface area contributed by atoms with Crippen LogP contribution in [0.3, 0.4) is 0 Å². The van der Waals surface area contributed by atoms with Gasteiger partial charge in [-0.05, 0) is 53.4 Å². The van der Waals surface area contributed by atoms with Crippen molar-refractivity contribution in [1.82, 2.24) is 20.1 Å². The number of nitrogens with zero attached hydrogens (tertiary/aromatic N) is 3. The van der Waals surface area contributed by atoms with Crippen LogP contribution in [0, 0.1) is 0 Å². The lowest BCUT2D eigenvalue weighted by atomic mass is 9.99. The van der Waals surface area contributed by atoms with Gasteiger partial charge in [-0.1, -0.05) is 29.8 Å². The van der Waals surface area contributed by atoms with Crippen LogP contribution in [0.25, 0.3) is 11.1 Å². The second-order valence-electron chi connectivity index (χ2n) is 9.92. The molecule has 0 spiro atoms. The molecule has 3 heterocycles. The van der Waals surface area contributed by atoms with Gasteiger partial charge in [-0.15, -0.1) is 0 Å². The number of hydrogen-bond donors (Lipinski definition) is 3. The van der Waals surface area contributed by atoms with Crippen LogP contribution in [0.4, 0.5) is 10.6 Å². The lowest BCUT2D eigenvalue weighted by Crippen LogP contribution is -2.50. The number of aryl methyl sites for hydroxylation is 1. The predicted molar refractivity (Wildman–Crippen MR) is 150 cm³/mol. The highest BCUT2D eigenvalue weighted by Gasteiger charge is 2.27. The molecule has 1 saturated heterocycles. The molecular formula is C29H30ClN5O5. The minimum atomic E-state index is -0.964. The quantitative estimate of drug-likeness (QED) is 0.400. The number of nitrogens with two attached hydrogens (primary N) is 1. The number of carboxylic acid groups (broad SMARTS) is 1. The first-order valence-electron chi connectivity index (χ1n) is 13.1. The van der Waals surface area contributed by atoms with Gasteiger partial charge in [0.15, 0.2) is 0 Å². The van der Waals surface area contributed by atoms with Crippen LogP contribution >= 0.6 is 11.6 Å². The Hall–Kier alpha value is -4.31. The SMILES string of the molecule is Nc1ccc(CCC(=O)NCC2Cc3cc(-c4ccc(C(=O)N5CCN(C(=O)O)CC5)cc4)cc(Cl)c3O2)cn1. The highest BCUT2D eigenvalue weighted by molar-refractivity contribution is 6.32. The van der Waals surface area contributed by atoms with E-state index in [4.69, 9.17) is 27.2 Å². The lowest BCUT2D eigenvalue weighted by Gasteiger charge is -2.33. The standard InChI is InChI=1S/C29H30ClN5O5/c30-24-15-21(19-3-5-20(6-4-19)28(37)34-9-11-35(12-10-34)29(38)39)13-22-14-23(40-27(22)24)17-33-26(36)8-2-18-1-7-25(31)32-16-18/h1,3-7,13,15-16,23H,2,8-12,14,17H2,(H2,31,32)(H,33,36)(H,38,39). The van der Waals surface area contributed by atoms with Crippen molar-refractivity contribution in [2.45, 2.75) is 25.4 Å². The second kappa shape index (κ2) is 11.8. The lowest BCUT2D eigenvalue weighted by molar-refractivity contribution is -0.121. The predicted octanol–water partition coefficient (Wildman–Crippen LogP) is 3.47. The number of hydrogen-bond acceptors (Lipinski definition) is 6. The van der Waals surface area contributed by atoms with Crippen LogP contribution in [0.5, 0.6) is 5.75 Å². The molecule has 0 saturated carbocycles. The van der Waals surface area contributed by atoms with Gasteiger partial charge in [0.05, 0.1) is 11.6 Å². The van der Waals surface area contributed by atoms with Crippen molar-refractivity contribution in [2.24, 2.45) is 0 Å². The topological polar surface area (TPSA) is 138 Å². The van der Waals surface area contributed by atoms with Gasteiger partial charge >= 0.3 is 6.09 Å². The van der Waals surface area contributed by atoms with E-state index in [0.717, 1.165) is 22.3 Å². The third kappa shape index (κ3) is 6.28. The zero-order valence-electron chi connectivity index (χ0n) is 21.8. The average molecular weight is 564 g/mol. The van der Waals surface area contributed by atoms with E-state index in [1.54, 1.807) is 29.3 Å². The Morgan fingerprint density at radius 2 is 1.75 bits per heavy atom. The summed E-state index contributed by atoms with van der Waals surface area (Å²) in [6.07, 6.45) is 2.03. The van der Waals surface area contributed by atoms with Crippen LogP contribution in [-0.2, 0) is 17.6 Å². The fraction of sp³-hybridized carbons (Fsp3) is 0.310. The van der Waals surface area contributed by atoms with E-state index in [1.807, 2.05) is 30.3 Å². The molecule has 1 unspecified atom stereocenters. The van der Waals surface area contributed by atoms with Crippen LogP contribution in [0.15, 0.2) is 54.7 Å². The first kappa shape index (κ1) is 27.3. The second-order valence-corrected chi connectivity index (χ2v) is 10.3. The normalized spacial score (nSPS) is 16.3. The Bertz CT molecular complexity index is 1410. The van der Waals surface area contributed by atoms with Crippen LogP contribution in [0.2, 0.25) is 5.02 Å². The molecular weight excluding hydrogens is 534 g/mol. The van der Waals surface area contributed by atoms with Crippen molar-refractivity contribution in [1.29, 1.82) is 0 Å². The largest absolute Gasteiger partial charge is 0.486 e. The third-order valence-corrected chi connectivity index (χ3v) is 7.45. The Morgan fingerprint density at radius 3 is 2.42 bits per heavy atom. The molecule has 3 amide bonds. The Kier molecular flexibility index (Phi) is 8.06. The van der Waals surface area contributed by atoms with Gasteiger partial charge in [0.2, 0.25) is 5.91 Å². The minimum absolute atomic E-state index is 0.0680. The molecule has 0 aliphatic carbocycles. The summed E-state index contributed by atoms with van der Waals surface area (Å²) in [6.45, 7) is 1.72. The van der Waals surface area contributed by atoms with Crippen molar-refractivity contribution in [3.8, 4) is 16.9 Å². The maximum absolute atomic E-state index is 12.9. The summed E-state index contributed by atoms with van der Waals surface area (Å²) in [6, 6.07) is 14.8. The third-order valence-electron chi connectivity index (χ3n) is 7.17. The summed E-state index contributed by atoms with van der Waals surface area (Å²) in [5.74, 6) is 0.892. The zero-order chi connectivity index (χ0) is 28.2. The summed E-state index contributed by atoms with van der Waals surface area (Å²) in [5, 5.41) is 12.5. The molecule has 4 N–H and O–H groups in total. The van der Waals surface area contributed by atoms with E-state index in [0.29, 0.717) is 74.1 Å². The highest BCUT2D eigenvalue weighted by atomic mass is 35.5. The van der Waals surface area contributed by atoms with Gasteiger partial charge < -0.3 is 30.7 Å². The summed E-state index contributed by atoms with van der Waals surface area (Å²) < 4.78 is 6.03. The first-order chi connectivity index (χ1) is 19.3. The molecule has 3 aromatic rings. The van der Waals surface area contributed by atoms with Crippen molar-refractivity contribution in [2.75, 3.05) is 38.5 Å². The van der Waals surface area contributed by atoms with Crippen molar-refractivity contribution in [3.05, 3.63) is 76.4 Å². The number of nitrogens with one attached hydrogen (secondary N) is 1. The van der Waals surface area contributed by atoms with Gasteiger partial charge in [-0.25, -0.2) is 9.78 Å². The zero-order valence-corrected chi connectivity index (χ0v) is 22.6. The van der Waals surface area contributed by atoms with Crippen molar-refractivity contribution in [3.63, 3.8) is 0 Å². The molecule has 2 aliphatic heterocycles. The molecule has 40 heavy (non-hydrogen) atoms. The fourth-order valence-electron chi connectivity index (χ4n) is 4.91. The van der Waals surface area contributed by atoms with Gasteiger partial charge in [0.1, 0.15) is 17.7 Å². The van der Waals surface area contributed by atoms with Crippen LogP contribution < -0.4 is 15.8 Å². The number of rotatable bonds is 7. The van der Waals surface area contributed by atoms with E-state index in [-0.39, 0.29) is 17.9 Å². The number of halogens is 1. The molecule has 0 radical (unpaired) electrons. The number of benzene rings is 2. The number of amides is 3. The van der Waals surface area contributed by atoms with Crippen molar-refractivity contribution >= 4 is 35.3 Å². The number of pyridine rings is 1. The Balaban J connectivity index is 1.15. The number of nitrogen functional groups attached to an aromatic ring is 1. The number of fused-ring (bicyclic) bond motifs is 1. The molecule has 2 aromatic carbocycles. The Labute approximate surface area is 236 Å². The van der Waals surface area contributed by atoms with Gasteiger partial charge in [-0.2, -0.15) is 0 Å². The molecule has 0 bridgehead atoms. The number of aromatic nitrogens is 1. The van der Waals surface area contributed by atoms with Crippen LogP contribution in [0.1, 0.15) is 27.9 Å². The molecule has 208 valence electrons. The monoisotopic (exact) mass is 563 g/mol. The minimum Gasteiger partial charge on any atom is -0.486 e. The Morgan fingerprint density at radius 1 is 1.02 bits per heavy atom. The van der Waals surface area contributed by atoms with E-state index in [2.05, 4.69) is 10.3 Å². The molecule has 11 heteroatoms. The van der Waals surface area contributed by atoms with Gasteiger partial charge in [0.25, 0.3) is 5.91 Å². The average Bonchev–Trinajstić information content (AvgIpc) is 3.39. The number of piperazine rings is 1. The molecule has 1 atom stereocenters. The maximum Gasteiger partial charge on any atom is 0.407 e. The summed E-state index contributed by atoms with van der Waals surface area (Å²) >= 11 is 6.56. The number of carbonyl (C=O) groups excluding carboxylic acids is 2. The molecule has 1 fully saturated rings. The molecule has 5 rings (SSSR count). The number of carbonyl (C=O) groups is 3.